The molecule has 0 saturated heterocycles. The normalized spacial score (nSPS) is 11.0. The van der Waals surface area contributed by atoms with Crippen LogP contribution in [0.2, 0.25) is 0 Å². The van der Waals surface area contributed by atoms with Gasteiger partial charge in [-0.05, 0) is 48.7 Å². The van der Waals surface area contributed by atoms with E-state index in [0.29, 0.717) is 17.7 Å². The standard InChI is InChI=1S/C25H20FNO2/c1-18-9-11-19(12-10-18)13-14-25(28)29-22-6-4-5-20(16-22)15-21(17-27)23-7-2-3-8-24(23)26/h2-12,15-16H,13-14H2,1H3/b21-15-. The first-order chi connectivity index (χ1) is 14.0. The Labute approximate surface area is 169 Å². The molecule has 0 radical (unpaired) electrons. The van der Waals surface area contributed by atoms with Crippen LogP contribution in [0.25, 0.3) is 11.6 Å². The van der Waals surface area contributed by atoms with Crippen LogP contribution < -0.4 is 4.74 Å². The summed E-state index contributed by atoms with van der Waals surface area (Å²) >= 11 is 0. The van der Waals surface area contributed by atoms with Crippen LogP contribution in [-0.2, 0) is 11.2 Å². The molecule has 3 aromatic carbocycles. The van der Waals surface area contributed by atoms with Crippen LogP contribution in [0, 0.1) is 24.1 Å². The Bertz CT molecular complexity index is 1080. The van der Waals surface area contributed by atoms with Crippen LogP contribution in [0.4, 0.5) is 4.39 Å². The predicted octanol–water partition coefficient (Wildman–Crippen LogP) is 5.74. The molecular formula is C25H20FNO2. The third-order valence-corrected chi connectivity index (χ3v) is 4.42. The molecule has 0 aromatic heterocycles. The number of hydrogen-bond donors (Lipinski definition) is 0. The van der Waals surface area contributed by atoms with Crippen molar-refractivity contribution >= 4 is 17.6 Å². The van der Waals surface area contributed by atoms with Gasteiger partial charge in [0.2, 0.25) is 0 Å². The molecule has 29 heavy (non-hydrogen) atoms. The number of aryl methyl sites for hydroxylation is 2. The number of carbonyl (C=O) groups excluding carboxylic acids is 1. The molecule has 0 heterocycles. The lowest BCUT2D eigenvalue weighted by atomic mass is 10.0. The van der Waals surface area contributed by atoms with E-state index in [-0.39, 0.29) is 23.5 Å². The van der Waals surface area contributed by atoms with E-state index in [9.17, 15) is 14.4 Å². The number of rotatable bonds is 6. The minimum atomic E-state index is -0.459. The van der Waals surface area contributed by atoms with Gasteiger partial charge in [-0.1, -0.05) is 60.2 Å². The number of allylic oxidation sites excluding steroid dienone is 1. The van der Waals surface area contributed by atoms with E-state index in [1.807, 2.05) is 37.3 Å². The lowest BCUT2D eigenvalue weighted by Crippen LogP contribution is -2.09. The SMILES string of the molecule is Cc1ccc(CCC(=O)Oc2cccc(/C=C(/C#N)c3ccccc3F)c2)cc1. The molecule has 3 nitrogen and oxygen atoms in total. The molecule has 0 spiro atoms. The van der Waals surface area contributed by atoms with E-state index in [1.165, 1.54) is 11.6 Å². The molecule has 0 unspecified atom stereocenters. The zero-order valence-electron chi connectivity index (χ0n) is 16.1. The highest BCUT2D eigenvalue weighted by Crippen LogP contribution is 2.23. The molecule has 3 aromatic rings. The van der Waals surface area contributed by atoms with Crippen LogP contribution in [0.1, 0.15) is 28.7 Å². The number of benzene rings is 3. The number of halogens is 1. The Kier molecular flexibility index (Phi) is 6.55. The van der Waals surface area contributed by atoms with Gasteiger partial charge in [-0.3, -0.25) is 4.79 Å². The maximum atomic E-state index is 14.0. The fourth-order valence-electron chi connectivity index (χ4n) is 2.87. The predicted molar refractivity (Wildman–Crippen MR) is 111 cm³/mol. The highest BCUT2D eigenvalue weighted by atomic mass is 19.1. The van der Waals surface area contributed by atoms with Gasteiger partial charge in [0, 0.05) is 12.0 Å². The summed E-state index contributed by atoms with van der Waals surface area (Å²) in [6.07, 6.45) is 2.44. The second kappa shape index (κ2) is 9.48. The molecule has 0 amide bonds. The first kappa shape index (κ1) is 20.0. The molecule has 0 atom stereocenters. The quantitative estimate of drug-likeness (QED) is 0.235. The van der Waals surface area contributed by atoms with Gasteiger partial charge >= 0.3 is 5.97 Å². The summed E-state index contributed by atoms with van der Waals surface area (Å²) in [6.45, 7) is 2.02. The largest absolute Gasteiger partial charge is 0.426 e. The lowest BCUT2D eigenvalue weighted by Gasteiger charge is -2.06. The van der Waals surface area contributed by atoms with Crippen molar-refractivity contribution in [3.05, 3.63) is 101 Å². The summed E-state index contributed by atoms with van der Waals surface area (Å²) in [4.78, 5) is 12.2. The van der Waals surface area contributed by atoms with Crippen molar-refractivity contribution in [3.63, 3.8) is 0 Å². The van der Waals surface area contributed by atoms with Crippen LogP contribution in [-0.4, -0.2) is 5.97 Å². The second-order valence-corrected chi connectivity index (χ2v) is 6.68. The number of hydrogen-bond acceptors (Lipinski definition) is 3. The summed E-state index contributed by atoms with van der Waals surface area (Å²) in [5, 5.41) is 9.40. The van der Waals surface area contributed by atoms with E-state index < -0.39 is 5.82 Å². The van der Waals surface area contributed by atoms with Crippen LogP contribution >= 0.6 is 0 Å². The summed E-state index contributed by atoms with van der Waals surface area (Å²) in [7, 11) is 0. The Balaban J connectivity index is 1.69. The van der Waals surface area contributed by atoms with E-state index in [0.717, 1.165) is 5.56 Å². The van der Waals surface area contributed by atoms with E-state index >= 15 is 0 Å². The Hall–Kier alpha value is -3.71. The Morgan fingerprint density at radius 1 is 1.07 bits per heavy atom. The second-order valence-electron chi connectivity index (χ2n) is 6.68. The van der Waals surface area contributed by atoms with Crippen LogP contribution in [0.5, 0.6) is 5.75 Å². The van der Waals surface area contributed by atoms with Crippen LogP contribution in [0.15, 0.2) is 72.8 Å². The third kappa shape index (κ3) is 5.63. The van der Waals surface area contributed by atoms with Gasteiger partial charge in [-0.25, -0.2) is 4.39 Å². The molecular weight excluding hydrogens is 365 g/mol. The van der Waals surface area contributed by atoms with Crippen molar-refractivity contribution in [1.82, 2.24) is 0 Å². The first-order valence-electron chi connectivity index (χ1n) is 9.28. The molecule has 0 bridgehead atoms. The number of ether oxygens (including phenoxy) is 1. The summed E-state index contributed by atoms with van der Waals surface area (Å²) in [6, 6.07) is 23.0. The minimum absolute atomic E-state index is 0.200. The van der Waals surface area contributed by atoms with Crippen molar-refractivity contribution in [3.8, 4) is 11.8 Å². The van der Waals surface area contributed by atoms with Crippen molar-refractivity contribution < 1.29 is 13.9 Å². The smallest absolute Gasteiger partial charge is 0.311 e. The van der Waals surface area contributed by atoms with Crippen molar-refractivity contribution in [2.24, 2.45) is 0 Å². The van der Waals surface area contributed by atoms with Gasteiger partial charge in [-0.15, -0.1) is 0 Å². The highest BCUT2D eigenvalue weighted by molar-refractivity contribution is 5.90. The monoisotopic (exact) mass is 385 g/mol. The lowest BCUT2D eigenvalue weighted by molar-refractivity contribution is -0.134. The molecule has 0 fully saturated rings. The van der Waals surface area contributed by atoms with Gasteiger partial charge in [0.25, 0.3) is 0 Å². The average molecular weight is 385 g/mol. The van der Waals surface area contributed by atoms with Gasteiger partial charge in [0.15, 0.2) is 0 Å². The highest BCUT2D eigenvalue weighted by Gasteiger charge is 2.09. The summed E-state index contributed by atoms with van der Waals surface area (Å²) < 4.78 is 19.4. The first-order valence-corrected chi connectivity index (χ1v) is 9.28. The molecule has 0 aliphatic carbocycles. The number of nitriles is 1. The van der Waals surface area contributed by atoms with Crippen molar-refractivity contribution in [1.29, 1.82) is 5.26 Å². The minimum Gasteiger partial charge on any atom is -0.426 e. The summed E-state index contributed by atoms with van der Waals surface area (Å²) in [5.41, 5.74) is 3.33. The molecule has 3 rings (SSSR count). The Morgan fingerprint density at radius 3 is 2.55 bits per heavy atom. The molecule has 0 saturated carbocycles. The molecule has 4 heteroatoms. The van der Waals surface area contributed by atoms with Crippen LogP contribution in [0.3, 0.4) is 0 Å². The fraction of sp³-hybridized carbons (Fsp3) is 0.120. The van der Waals surface area contributed by atoms with Gasteiger partial charge in [0.05, 0.1) is 11.6 Å². The van der Waals surface area contributed by atoms with E-state index in [1.54, 1.807) is 48.5 Å². The maximum absolute atomic E-state index is 14.0. The molecule has 0 aliphatic rings. The fourth-order valence-corrected chi connectivity index (χ4v) is 2.87. The topological polar surface area (TPSA) is 50.1 Å². The number of nitrogens with zero attached hydrogens (tertiary/aromatic N) is 1. The Morgan fingerprint density at radius 2 is 1.83 bits per heavy atom. The van der Waals surface area contributed by atoms with Gasteiger partial charge in [-0.2, -0.15) is 5.26 Å². The number of esters is 1. The van der Waals surface area contributed by atoms with Gasteiger partial charge in [0.1, 0.15) is 11.6 Å². The zero-order valence-corrected chi connectivity index (χ0v) is 16.1. The summed E-state index contributed by atoms with van der Waals surface area (Å²) in [5.74, 6) is -0.404. The molecule has 0 aliphatic heterocycles. The molecule has 0 N–H and O–H groups in total. The van der Waals surface area contributed by atoms with E-state index in [4.69, 9.17) is 4.74 Å². The van der Waals surface area contributed by atoms with E-state index in [2.05, 4.69) is 0 Å². The maximum Gasteiger partial charge on any atom is 0.311 e. The average Bonchev–Trinajstić information content (AvgIpc) is 2.72. The van der Waals surface area contributed by atoms with Gasteiger partial charge < -0.3 is 4.74 Å². The number of carbonyl (C=O) groups is 1. The van der Waals surface area contributed by atoms with Crippen molar-refractivity contribution in [2.45, 2.75) is 19.8 Å². The van der Waals surface area contributed by atoms with Crippen molar-refractivity contribution in [2.75, 3.05) is 0 Å². The third-order valence-electron chi connectivity index (χ3n) is 4.42. The zero-order chi connectivity index (χ0) is 20.6. The molecule has 144 valence electrons.